The summed E-state index contributed by atoms with van der Waals surface area (Å²) < 4.78 is 5.58. The van der Waals surface area contributed by atoms with Gasteiger partial charge in [0.2, 0.25) is 0 Å². The van der Waals surface area contributed by atoms with E-state index in [0.29, 0.717) is 28.1 Å². The number of benzene rings is 3. The zero-order valence-electron chi connectivity index (χ0n) is 18.3. The Morgan fingerprint density at radius 3 is 2.12 bits per heavy atom. The van der Waals surface area contributed by atoms with Crippen molar-refractivity contribution in [1.82, 2.24) is 4.90 Å². The van der Waals surface area contributed by atoms with E-state index < -0.39 is 0 Å². The third kappa shape index (κ3) is 5.66. The molecule has 1 aliphatic rings. The Morgan fingerprint density at radius 2 is 1.39 bits per heavy atom. The predicted molar refractivity (Wildman–Crippen MR) is 127 cm³/mol. The summed E-state index contributed by atoms with van der Waals surface area (Å²) in [7, 11) is 0. The molecule has 1 saturated heterocycles. The number of rotatable bonds is 7. The van der Waals surface area contributed by atoms with Gasteiger partial charge in [-0.2, -0.15) is 0 Å². The van der Waals surface area contributed by atoms with Crippen LogP contribution in [0.3, 0.4) is 0 Å². The van der Waals surface area contributed by atoms with Crippen molar-refractivity contribution < 1.29 is 19.1 Å². The first kappa shape index (κ1) is 22.3. The van der Waals surface area contributed by atoms with Gasteiger partial charge in [-0.15, -0.1) is 0 Å². The maximum absolute atomic E-state index is 12.9. The Hall–Kier alpha value is -3.93. The lowest BCUT2D eigenvalue weighted by molar-refractivity contribution is -0.118. The first-order chi connectivity index (χ1) is 16.1. The van der Waals surface area contributed by atoms with Crippen molar-refractivity contribution in [2.24, 2.45) is 0 Å². The van der Waals surface area contributed by atoms with Crippen LogP contribution in [0, 0.1) is 0 Å². The van der Waals surface area contributed by atoms with Gasteiger partial charge in [0.15, 0.2) is 12.4 Å². The van der Waals surface area contributed by atoms with Crippen LogP contribution in [-0.2, 0) is 4.79 Å². The third-order valence-corrected chi connectivity index (χ3v) is 5.60. The van der Waals surface area contributed by atoms with Crippen molar-refractivity contribution in [1.29, 1.82) is 0 Å². The number of carbonyl (C=O) groups is 3. The number of hydrogen-bond acceptors (Lipinski definition) is 4. The summed E-state index contributed by atoms with van der Waals surface area (Å²) in [6, 6.07) is 22.8. The van der Waals surface area contributed by atoms with E-state index >= 15 is 0 Å². The molecule has 3 aromatic rings. The SMILES string of the molecule is O=C(COc1ccc(C(=O)c2ccccc2)cc1)Nc1ccccc1C(=O)N1CCCCC1. The Morgan fingerprint density at radius 1 is 0.758 bits per heavy atom. The minimum Gasteiger partial charge on any atom is -0.484 e. The largest absolute Gasteiger partial charge is 0.484 e. The molecule has 2 amide bonds. The van der Waals surface area contributed by atoms with Crippen LogP contribution in [-0.4, -0.2) is 42.2 Å². The fourth-order valence-electron chi connectivity index (χ4n) is 3.84. The Labute approximate surface area is 193 Å². The van der Waals surface area contributed by atoms with Gasteiger partial charge in [-0.1, -0.05) is 42.5 Å². The molecule has 0 radical (unpaired) electrons. The summed E-state index contributed by atoms with van der Waals surface area (Å²) in [6.07, 6.45) is 3.15. The van der Waals surface area contributed by atoms with Crippen LogP contribution in [0.2, 0.25) is 0 Å². The van der Waals surface area contributed by atoms with Crippen molar-refractivity contribution in [3.63, 3.8) is 0 Å². The second-order valence-corrected chi connectivity index (χ2v) is 7.95. The number of anilines is 1. The Bertz CT molecular complexity index is 1120. The number of amides is 2. The predicted octanol–water partition coefficient (Wildman–Crippen LogP) is 4.56. The maximum atomic E-state index is 12.9. The zero-order valence-corrected chi connectivity index (χ0v) is 18.3. The molecule has 1 fully saturated rings. The van der Waals surface area contributed by atoms with Crippen molar-refractivity contribution in [3.8, 4) is 5.75 Å². The summed E-state index contributed by atoms with van der Waals surface area (Å²) in [6.45, 7) is 1.28. The van der Waals surface area contributed by atoms with Crippen LogP contribution >= 0.6 is 0 Å². The monoisotopic (exact) mass is 442 g/mol. The summed E-state index contributed by atoms with van der Waals surface area (Å²) >= 11 is 0. The van der Waals surface area contributed by atoms with Crippen LogP contribution in [0.5, 0.6) is 5.75 Å². The van der Waals surface area contributed by atoms with E-state index in [0.717, 1.165) is 32.4 Å². The third-order valence-electron chi connectivity index (χ3n) is 5.60. The molecule has 0 aliphatic carbocycles. The van der Waals surface area contributed by atoms with E-state index in [9.17, 15) is 14.4 Å². The number of nitrogens with zero attached hydrogens (tertiary/aromatic N) is 1. The first-order valence-corrected chi connectivity index (χ1v) is 11.1. The lowest BCUT2D eigenvalue weighted by atomic mass is 10.0. The second kappa shape index (κ2) is 10.6. The van der Waals surface area contributed by atoms with E-state index in [1.807, 2.05) is 23.1 Å². The molecule has 1 heterocycles. The van der Waals surface area contributed by atoms with Gasteiger partial charge in [0.1, 0.15) is 5.75 Å². The molecule has 33 heavy (non-hydrogen) atoms. The van der Waals surface area contributed by atoms with E-state index in [4.69, 9.17) is 4.74 Å². The topological polar surface area (TPSA) is 75.7 Å². The first-order valence-electron chi connectivity index (χ1n) is 11.1. The number of nitrogens with one attached hydrogen (secondary N) is 1. The summed E-state index contributed by atoms with van der Waals surface area (Å²) in [5, 5.41) is 2.79. The van der Waals surface area contributed by atoms with Gasteiger partial charge in [0.05, 0.1) is 11.3 Å². The molecule has 0 bridgehead atoms. The fraction of sp³-hybridized carbons (Fsp3) is 0.222. The van der Waals surface area contributed by atoms with Crippen molar-refractivity contribution in [3.05, 3.63) is 95.6 Å². The molecule has 4 rings (SSSR count). The van der Waals surface area contributed by atoms with Gasteiger partial charge >= 0.3 is 0 Å². The molecule has 0 spiro atoms. The smallest absolute Gasteiger partial charge is 0.262 e. The number of carbonyl (C=O) groups excluding carboxylic acids is 3. The average Bonchev–Trinajstić information content (AvgIpc) is 2.88. The van der Waals surface area contributed by atoms with Gasteiger partial charge in [0.25, 0.3) is 11.8 Å². The lowest BCUT2D eigenvalue weighted by Crippen LogP contribution is -2.36. The number of hydrogen-bond donors (Lipinski definition) is 1. The highest BCUT2D eigenvalue weighted by Gasteiger charge is 2.21. The molecule has 0 atom stereocenters. The molecule has 3 aromatic carbocycles. The molecule has 0 saturated carbocycles. The molecular formula is C27H26N2O4. The number of ether oxygens (including phenoxy) is 1. The summed E-state index contributed by atoms with van der Waals surface area (Å²) in [5.74, 6) is -0.0224. The minimum atomic E-state index is -0.363. The average molecular weight is 443 g/mol. The van der Waals surface area contributed by atoms with Crippen LogP contribution in [0.25, 0.3) is 0 Å². The number of piperidine rings is 1. The zero-order chi connectivity index (χ0) is 23.0. The minimum absolute atomic E-state index is 0.0646. The molecule has 0 unspecified atom stereocenters. The van der Waals surface area contributed by atoms with Crippen LogP contribution in [0.4, 0.5) is 5.69 Å². The number of ketones is 1. The molecule has 0 aromatic heterocycles. The molecule has 6 nitrogen and oxygen atoms in total. The van der Waals surface area contributed by atoms with Gasteiger partial charge in [-0.3, -0.25) is 14.4 Å². The van der Waals surface area contributed by atoms with E-state index in [2.05, 4.69) is 5.32 Å². The summed E-state index contributed by atoms with van der Waals surface area (Å²) in [4.78, 5) is 39.7. The van der Waals surface area contributed by atoms with Gasteiger partial charge in [-0.05, 0) is 55.7 Å². The fourth-order valence-corrected chi connectivity index (χ4v) is 3.84. The van der Waals surface area contributed by atoms with E-state index in [-0.39, 0.29) is 24.2 Å². The molecule has 1 aliphatic heterocycles. The van der Waals surface area contributed by atoms with Crippen molar-refractivity contribution >= 4 is 23.3 Å². The van der Waals surface area contributed by atoms with Gasteiger partial charge < -0.3 is 15.0 Å². The second-order valence-electron chi connectivity index (χ2n) is 7.95. The van der Waals surface area contributed by atoms with Crippen LogP contribution < -0.4 is 10.1 Å². The van der Waals surface area contributed by atoms with Gasteiger partial charge in [-0.25, -0.2) is 0 Å². The standard InChI is InChI=1S/C27H26N2O4/c30-25(28-24-12-6-5-11-23(24)27(32)29-17-7-2-8-18-29)19-33-22-15-13-21(14-16-22)26(31)20-9-3-1-4-10-20/h1,3-6,9-16H,2,7-8,17-19H2,(H,28,30). The lowest BCUT2D eigenvalue weighted by Gasteiger charge is -2.27. The molecule has 6 heteroatoms. The van der Waals surface area contributed by atoms with E-state index in [1.165, 1.54) is 0 Å². The molecule has 168 valence electrons. The van der Waals surface area contributed by atoms with Crippen LogP contribution in [0.15, 0.2) is 78.9 Å². The van der Waals surface area contributed by atoms with E-state index in [1.54, 1.807) is 60.7 Å². The number of likely N-dealkylation sites (tertiary alicyclic amines) is 1. The Balaban J connectivity index is 1.34. The summed E-state index contributed by atoms with van der Waals surface area (Å²) in [5.41, 5.74) is 2.12. The molecular weight excluding hydrogens is 416 g/mol. The Kier molecular flexibility index (Phi) is 7.15. The van der Waals surface area contributed by atoms with Crippen molar-refractivity contribution in [2.75, 3.05) is 25.0 Å². The highest BCUT2D eigenvalue weighted by atomic mass is 16.5. The normalized spacial score (nSPS) is 13.3. The van der Waals surface area contributed by atoms with Crippen molar-refractivity contribution in [2.45, 2.75) is 19.3 Å². The molecule has 1 N–H and O–H groups in total. The highest BCUT2D eigenvalue weighted by Crippen LogP contribution is 2.20. The highest BCUT2D eigenvalue weighted by molar-refractivity contribution is 6.09. The maximum Gasteiger partial charge on any atom is 0.262 e. The van der Waals surface area contributed by atoms with Crippen LogP contribution in [0.1, 0.15) is 45.5 Å². The number of para-hydroxylation sites is 1. The van der Waals surface area contributed by atoms with Gasteiger partial charge in [0, 0.05) is 24.2 Å². The quantitative estimate of drug-likeness (QED) is 0.544.